The number of halogens is 1. The zero-order chi connectivity index (χ0) is 19.7. The summed E-state index contributed by atoms with van der Waals surface area (Å²) in [5, 5.41) is 2.61. The summed E-state index contributed by atoms with van der Waals surface area (Å²) in [7, 11) is -3.91. The van der Waals surface area contributed by atoms with Crippen LogP contribution in [-0.2, 0) is 14.8 Å². The molecule has 0 bridgehead atoms. The first kappa shape index (κ1) is 18.5. The van der Waals surface area contributed by atoms with Gasteiger partial charge in [0.1, 0.15) is 18.2 Å². The molecule has 0 atom stereocenters. The quantitative estimate of drug-likeness (QED) is 0.823. The SMILES string of the molecule is O=C(Nc1ccc2c(c1)N(S(=O)(=O)c1ccc(F)cc1)CCO2)OCC1CC1. The molecular weight excluding hydrogens is 387 g/mol. The zero-order valence-electron chi connectivity index (χ0n) is 14.9. The molecule has 0 unspecified atom stereocenters. The second-order valence-electron chi connectivity index (χ2n) is 6.73. The summed E-state index contributed by atoms with van der Waals surface area (Å²) in [4.78, 5) is 11.9. The van der Waals surface area contributed by atoms with Gasteiger partial charge < -0.3 is 9.47 Å². The van der Waals surface area contributed by atoms with Crippen LogP contribution in [0.5, 0.6) is 5.75 Å². The molecule has 9 heteroatoms. The van der Waals surface area contributed by atoms with Gasteiger partial charge in [0.15, 0.2) is 0 Å². The number of amides is 1. The van der Waals surface area contributed by atoms with Crippen molar-refractivity contribution < 1.29 is 27.1 Å². The summed E-state index contributed by atoms with van der Waals surface area (Å²) in [5.74, 6) is 0.311. The van der Waals surface area contributed by atoms with E-state index in [0.717, 1.165) is 25.0 Å². The maximum absolute atomic E-state index is 13.2. The maximum atomic E-state index is 13.2. The molecule has 1 saturated carbocycles. The van der Waals surface area contributed by atoms with Gasteiger partial charge in [0, 0.05) is 5.69 Å². The number of anilines is 2. The van der Waals surface area contributed by atoms with Crippen molar-refractivity contribution in [2.24, 2.45) is 5.92 Å². The molecule has 148 valence electrons. The number of sulfonamides is 1. The number of carbonyl (C=O) groups is 1. The minimum atomic E-state index is -3.91. The van der Waals surface area contributed by atoms with Gasteiger partial charge >= 0.3 is 6.09 Å². The molecule has 1 amide bonds. The first-order valence-corrected chi connectivity index (χ1v) is 10.4. The number of carbonyl (C=O) groups excluding carboxylic acids is 1. The van der Waals surface area contributed by atoms with E-state index in [-0.39, 0.29) is 18.0 Å². The van der Waals surface area contributed by atoms with Gasteiger partial charge in [-0.25, -0.2) is 17.6 Å². The third-order valence-corrected chi connectivity index (χ3v) is 6.40. The summed E-state index contributed by atoms with van der Waals surface area (Å²) in [6.45, 7) is 0.664. The number of benzene rings is 2. The summed E-state index contributed by atoms with van der Waals surface area (Å²) < 4.78 is 51.1. The van der Waals surface area contributed by atoms with E-state index in [0.29, 0.717) is 29.6 Å². The summed E-state index contributed by atoms with van der Waals surface area (Å²) >= 11 is 0. The Labute approximate surface area is 162 Å². The van der Waals surface area contributed by atoms with Gasteiger partial charge in [-0.1, -0.05) is 0 Å². The number of hydrogen-bond acceptors (Lipinski definition) is 5. The minimum absolute atomic E-state index is 0.0241. The van der Waals surface area contributed by atoms with Crippen molar-refractivity contribution >= 4 is 27.5 Å². The van der Waals surface area contributed by atoms with Gasteiger partial charge in [0.05, 0.1) is 23.7 Å². The van der Waals surface area contributed by atoms with Crippen LogP contribution < -0.4 is 14.4 Å². The largest absolute Gasteiger partial charge is 0.489 e. The monoisotopic (exact) mass is 406 g/mol. The van der Waals surface area contributed by atoms with Gasteiger partial charge in [-0.15, -0.1) is 0 Å². The van der Waals surface area contributed by atoms with E-state index in [1.54, 1.807) is 12.1 Å². The van der Waals surface area contributed by atoms with E-state index in [2.05, 4.69) is 5.32 Å². The fourth-order valence-electron chi connectivity index (χ4n) is 2.89. The van der Waals surface area contributed by atoms with Gasteiger partial charge in [-0.05, 0) is 61.2 Å². The molecule has 1 N–H and O–H groups in total. The molecular formula is C19H19FN2O5S. The Morgan fingerprint density at radius 1 is 1.21 bits per heavy atom. The molecule has 2 aromatic carbocycles. The Morgan fingerprint density at radius 3 is 2.68 bits per heavy atom. The molecule has 1 aliphatic heterocycles. The van der Waals surface area contributed by atoms with Crippen molar-refractivity contribution in [2.45, 2.75) is 17.7 Å². The predicted octanol–water partition coefficient (Wildman–Crippen LogP) is 3.37. The second-order valence-corrected chi connectivity index (χ2v) is 8.59. The topological polar surface area (TPSA) is 84.9 Å². The third kappa shape index (κ3) is 3.89. The highest BCUT2D eigenvalue weighted by Crippen LogP contribution is 2.37. The number of fused-ring (bicyclic) bond motifs is 1. The first-order chi connectivity index (χ1) is 13.4. The van der Waals surface area contributed by atoms with Crippen molar-refractivity contribution in [3.05, 3.63) is 48.3 Å². The normalized spacial score (nSPS) is 16.1. The van der Waals surface area contributed by atoms with Crippen LogP contribution in [0.2, 0.25) is 0 Å². The third-order valence-electron chi connectivity index (χ3n) is 4.57. The van der Waals surface area contributed by atoms with E-state index >= 15 is 0 Å². The van der Waals surface area contributed by atoms with Crippen LogP contribution in [0.3, 0.4) is 0 Å². The summed E-state index contributed by atoms with van der Waals surface area (Å²) in [5.41, 5.74) is 0.694. The van der Waals surface area contributed by atoms with Crippen molar-refractivity contribution in [3.8, 4) is 5.75 Å². The number of hydrogen-bond donors (Lipinski definition) is 1. The predicted molar refractivity (Wildman–Crippen MR) is 101 cm³/mol. The highest BCUT2D eigenvalue weighted by molar-refractivity contribution is 7.92. The zero-order valence-corrected chi connectivity index (χ0v) is 15.7. The molecule has 4 rings (SSSR count). The van der Waals surface area contributed by atoms with E-state index in [1.165, 1.54) is 22.5 Å². The molecule has 7 nitrogen and oxygen atoms in total. The molecule has 28 heavy (non-hydrogen) atoms. The number of nitrogens with one attached hydrogen (secondary N) is 1. The van der Waals surface area contributed by atoms with Gasteiger partial charge in [0.2, 0.25) is 0 Å². The average Bonchev–Trinajstić information content (AvgIpc) is 3.51. The van der Waals surface area contributed by atoms with Gasteiger partial charge in [-0.3, -0.25) is 9.62 Å². The molecule has 1 fully saturated rings. The highest BCUT2D eigenvalue weighted by Gasteiger charge is 2.30. The number of rotatable bonds is 5. The van der Waals surface area contributed by atoms with E-state index in [1.807, 2.05) is 0 Å². The molecule has 0 radical (unpaired) electrons. The summed E-state index contributed by atoms with van der Waals surface area (Å²) in [6, 6.07) is 9.37. The first-order valence-electron chi connectivity index (χ1n) is 8.92. The Hall–Kier alpha value is -2.81. The van der Waals surface area contributed by atoms with Crippen LogP contribution in [0.15, 0.2) is 47.4 Å². The van der Waals surface area contributed by atoms with E-state index < -0.39 is 21.9 Å². The Kier molecular flexibility index (Phi) is 4.84. The van der Waals surface area contributed by atoms with Crippen molar-refractivity contribution in [1.82, 2.24) is 0 Å². The van der Waals surface area contributed by atoms with Crippen molar-refractivity contribution in [1.29, 1.82) is 0 Å². The van der Waals surface area contributed by atoms with Crippen LogP contribution in [-0.4, -0.2) is 34.3 Å². The highest BCUT2D eigenvalue weighted by atomic mass is 32.2. The van der Waals surface area contributed by atoms with E-state index in [4.69, 9.17) is 9.47 Å². The molecule has 0 saturated heterocycles. The molecule has 1 heterocycles. The number of nitrogens with zero attached hydrogens (tertiary/aromatic N) is 1. The molecule has 2 aliphatic rings. The van der Waals surface area contributed by atoms with Crippen LogP contribution in [0, 0.1) is 11.7 Å². The fraction of sp³-hybridized carbons (Fsp3) is 0.316. The van der Waals surface area contributed by atoms with Crippen LogP contribution in [0.1, 0.15) is 12.8 Å². The Morgan fingerprint density at radius 2 is 1.96 bits per heavy atom. The molecule has 2 aromatic rings. The van der Waals surface area contributed by atoms with Crippen molar-refractivity contribution in [3.63, 3.8) is 0 Å². The van der Waals surface area contributed by atoms with Crippen LogP contribution in [0.4, 0.5) is 20.6 Å². The lowest BCUT2D eigenvalue weighted by atomic mass is 10.2. The number of ether oxygens (including phenoxy) is 2. The molecule has 0 aromatic heterocycles. The minimum Gasteiger partial charge on any atom is -0.489 e. The van der Waals surface area contributed by atoms with E-state index in [9.17, 15) is 17.6 Å². The lowest BCUT2D eigenvalue weighted by molar-refractivity contribution is 0.156. The second kappa shape index (κ2) is 7.31. The van der Waals surface area contributed by atoms with Gasteiger partial charge in [0.25, 0.3) is 10.0 Å². The van der Waals surface area contributed by atoms with Crippen molar-refractivity contribution in [2.75, 3.05) is 29.4 Å². The smallest absolute Gasteiger partial charge is 0.411 e. The Bertz CT molecular complexity index is 990. The Balaban J connectivity index is 1.58. The molecule has 1 aliphatic carbocycles. The lowest BCUT2D eigenvalue weighted by Crippen LogP contribution is -2.38. The lowest BCUT2D eigenvalue weighted by Gasteiger charge is -2.30. The maximum Gasteiger partial charge on any atom is 0.411 e. The standard InChI is InChI=1S/C19H19FN2O5S/c20-14-3-6-16(7-4-14)28(24,25)22-9-10-26-18-8-5-15(11-17(18)22)21-19(23)27-12-13-1-2-13/h3-8,11,13H,1-2,9-10,12H2,(H,21,23). The molecule has 0 spiro atoms. The summed E-state index contributed by atoms with van der Waals surface area (Å²) in [6.07, 6.45) is 1.55. The van der Waals surface area contributed by atoms with Crippen LogP contribution in [0.25, 0.3) is 0 Å². The average molecular weight is 406 g/mol. The van der Waals surface area contributed by atoms with Crippen LogP contribution >= 0.6 is 0 Å². The fourth-order valence-corrected chi connectivity index (χ4v) is 4.34. The van der Waals surface area contributed by atoms with Gasteiger partial charge in [-0.2, -0.15) is 0 Å².